The van der Waals surface area contributed by atoms with Gasteiger partial charge >= 0.3 is 0 Å². The van der Waals surface area contributed by atoms with Crippen LogP contribution in [0.1, 0.15) is 39.6 Å². The molecule has 0 radical (unpaired) electrons. The molecule has 1 unspecified atom stereocenters. The molecule has 5 aromatic rings. The summed E-state index contributed by atoms with van der Waals surface area (Å²) in [6.07, 6.45) is 5.19. The standard InChI is InChI=1S/C25H28N8O3/c1-5-33-13-17-21(32-33)22(28-14(4)23-26-9-8-10-27-23)20(25(34)31-17)24-29-15-11-18(35-6-2)19(36-7-3)12-16(15)30-24/h8-14,28H,5-7H2,1-4H3,(H,29,30)(H,31,34). The van der Waals surface area contributed by atoms with E-state index in [1.54, 1.807) is 23.1 Å². The molecule has 0 bridgehead atoms. The van der Waals surface area contributed by atoms with E-state index in [0.717, 1.165) is 5.52 Å². The number of aromatic nitrogens is 7. The third kappa shape index (κ3) is 4.23. The predicted molar refractivity (Wildman–Crippen MR) is 138 cm³/mol. The van der Waals surface area contributed by atoms with Crippen molar-refractivity contribution < 1.29 is 9.47 Å². The van der Waals surface area contributed by atoms with Gasteiger partial charge in [-0.3, -0.25) is 9.48 Å². The zero-order valence-corrected chi connectivity index (χ0v) is 20.6. The van der Waals surface area contributed by atoms with E-state index >= 15 is 0 Å². The SMILES string of the molecule is CCOc1cc2nc(-c3c(NC(C)c4ncccn4)c4nn(CC)cc4[nH]c3=O)[nH]c2cc1OCC. The Hall–Kier alpha value is -4.41. The number of benzene rings is 1. The van der Waals surface area contributed by atoms with Crippen LogP contribution in [0.4, 0.5) is 5.69 Å². The normalized spacial score (nSPS) is 12.2. The molecule has 1 aromatic carbocycles. The second-order valence-electron chi connectivity index (χ2n) is 8.19. The highest BCUT2D eigenvalue weighted by atomic mass is 16.5. The van der Waals surface area contributed by atoms with E-state index in [1.807, 2.05) is 46.0 Å². The molecular weight excluding hydrogens is 460 g/mol. The number of H-pyrrole nitrogens is 2. The average Bonchev–Trinajstić information content (AvgIpc) is 3.48. The van der Waals surface area contributed by atoms with Crippen LogP contribution in [0.3, 0.4) is 0 Å². The lowest BCUT2D eigenvalue weighted by Crippen LogP contribution is -2.17. The number of fused-ring (bicyclic) bond motifs is 2. The number of pyridine rings is 1. The zero-order chi connectivity index (χ0) is 25.2. The Bertz CT molecular complexity index is 1530. The number of aryl methyl sites for hydroxylation is 1. The molecule has 0 saturated carbocycles. The maximum atomic E-state index is 13.4. The summed E-state index contributed by atoms with van der Waals surface area (Å²) in [4.78, 5) is 33.1. The lowest BCUT2D eigenvalue weighted by molar-refractivity contribution is 0.288. The molecule has 0 fully saturated rings. The molecule has 3 N–H and O–H groups in total. The van der Waals surface area contributed by atoms with Crippen LogP contribution < -0.4 is 20.3 Å². The first-order valence-corrected chi connectivity index (χ1v) is 12.0. The molecule has 4 aromatic heterocycles. The van der Waals surface area contributed by atoms with E-state index in [9.17, 15) is 4.79 Å². The first-order chi connectivity index (χ1) is 17.5. The third-order valence-electron chi connectivity index (χ3n) is 5.77. The number of anilines is 1. The minimum Gasteiger partial charge on any atom is -0.490 e. The van der Waals surface area contributed by atoms with Crippen molar-refractivity contribution in [2.75, 3.05) is 18.5 Å². The second-order valence-corrected chi connectivity index (χ2v) is 8.19. The summed E-state index contributed by atoms with van der Waals surface area (Å²) < 4.78 is 13.3. The summed E-state index contributed by atoms with van der Waals surface area (Å²) in [5.41, 5.74) is 3.23. The van der Waals surface area contributed by atoms with Crippen LogP contribution in [0.25, 0.3) is 33.5 Å². The van der Waals surface area contributed by atoms with Gasteiger partial charge in [-0.05, 0) is 33.8 Å². The highest BCUT2D eigenvalue weighted by Gasteiger charge is 2.23. The molecule has 0 aliphatic rings. The van der Waals surface area contributed by atoms with Gasteiger partial charge in [0.1, 0.15) is 22.7 Å². The smallest absolute Gasteiger partial charge is 0.261 e. The Morgan fingerprint density at radius 1 is 1.03 bits per heavy atom. The Kier molecular flexibility index (Phi) is 6.28. The summed E-state index contributed by atoms with van der Waals surface area (Å²) in [5.74, 6) is 2.21. The van der Waals surface area contributed by atoms with Crippen LogP contribution in [0, 0.1) is 0 Å². The monoisotopic (exact) mass is 488 g/mol. The van der Waals surface area contributed by atoms with Gasteiger partial charge in [0.15, 0.2) is 11.5 Å². The van der Waals surface area contributed by atoms with E-state index in [-0.39, 0.29) is 11.6 Å². The van der Waals surface area contributed by atoms with Crippen LogP contribution in [0.2, 0.25) is 0 Å². The topological polar surface area (TPSA) is 136 Å². The van der Waals surface area contributed by atoms with E-state index < -0.39 is 0 Å². The van der Waals surface area contributed by atoms with E-state index in [0.29, 0.717) is 70.7 Å². The summed E-state index contributed by atoms with van der Waals surface area (Å²) in [7, 11) is 0. The van der Waals surface area contributed by atoms with Crippen LogP contribution in [0.5, 0.6) is 11.5 Å². The van der Waals surface area contributed by atoms with Gasteiger partial charge in [0, 0.05) is 37.3 Å². The minimum atomic E-state index is -0.295. The molecule has 0 amide bonds. The number of rotatable bonds is 9. The number of nitrogens with zero attached hydrogens (tertiary/aromatic N) is 5. The van der Waals surface area contributed by atoms with Gasteiger partial charge in [0.2, 0.25) is 0 Å². The summed E-state index contributed by atoms with van der Waals surface area (Å²) >= 11 is 0. The average molecular weight is 489 g/mol. The Balaban J connectivity index is 1.69. The number of imidazole rings is 1. The van der Waals surface area contributed by atoms with Gasteiger partial charge in [-0.1, -0.05) is 0 Å². The maximum Gasteiger partial charge on any atom is 0.261 e. The zero-order valence-electron chi connectivity index (χ0n) is 20.6. The number of nitrogens with one attached hydrogen (secondary N) is 3. The van der Waals surface area contributed by atoms with Gasteiger partial charge < -0.3 is 24.8 Å². The molecular formula is C25H28N8O3. The van der Waals surface area contributed by atoms with Crippen molar-refractivity contribution >= 4 is 27.8 Å². The highest BCUT2D eigenvalue weighted by Crippen LogP contribution is 2.36. The van der Waals surface area contributed by atoms with E-state index in [4.69, 9.17) is 19.6 Å². The van der Waals surface area contributed by atoms with Crippen molar-refractivity contribution in [3.05, 3.63) is 53.0 Å². The van der Waals surface area contributed by atoms with E-state index in [1.165, 1.54) is 0 Å². The summed E-state index contributed by atoms with van der Waals surface area (Å²) in [5, 5.41) is 8.12. The fourth-order valence-corrected chi connectivity index (χ4v) is 4.13. The maximum absolute atomic E-state index is 13.4. The predicted octanol–water partition coefficient (Wildman–Crippen LogP) is 4.05. The third-order valence-corrected chi connectivity index (χ3v) is 5.77. The van der Waals surface area contributed by atoms with Crippen molar-refractivity contribution in [2.24, 2.45) is 0 Å². The van der Waals surface area contributed by atoms with Crippen molar-refractivity contribution in [2.45, 2.75) is 40.3 Å². The molecule has 0 spiro atoms. The molecule has 0 aliphatic heterocycles. The van der Waals surface area contributed by atoms with Gasteiger partial charge in [-0.15, -0.1) is 0 Å². The molecule has 1 atom stereocenters. The Labute approximate surface area is 206 Å². The number of hydrogen-bond acceptors (Lipinski definition) is 8. The Morgan fingerprint density at radius 2 is 1.75 bits per heavy atom. The van der Waals surface area contributed by atoms with Crippen molar-refractivity contribution in [1.82, 2.24) is 34.7 Å². The van der Waals surface area contributed by atoms with Crippen LogP contribution in [-0.4, -0.2) is 47.9 Å². The lowest BCUT2D eigenvalue weighted by atomic mass is 10.1. The van der Waals surface area contributed by atoms with E-state index in [2.05, 4.69) is 25.3 Å². The molecule has 4 heterocycles. The van der Waals surface area contributed by atoms with Gasteiger partial charge in [-0.25, -0.2) is 15.0 Å². The first kappa shape index (κ1) is 23.3. The van der Waals surface area contributed by atoms with Crippen LogP contribution in [0.15, 0.2) is 41.6 Å². The lowest BCUT2D eigenvalue weighted by Gasteiger charge is -2.16. The molecule has 5 rings (SSSR count). The van der Waals surface area contributed by atoms with Crippen LogP contribution in [-0.2, 0) is 6.54 Å². The summed E-state index contributed by atoms with van der Waals surface area (Å²) in [6, 6.07) is 5.12. The second kappa shape index (κ2) is 9.68. The van der Waals surface area contributed by atoms with Crippen molar-refractivity contribution in [1.29, 1.82) is 0 Å². The number of hydrogen-bond donors (Lipinski definition) is 3. The minimum absolute atomic E-state index is 0.291. The highest BCUT2D eigenvalue weighted by molar-refractivity contribution is 5.96. The first-order valence-electron chi connectivity index (χ1n) is 12.0. The molecule has 36 heavy (non-hydrogen) atoms. The quantitative estimate of drug-likeness (QED) is 0.283. The fraction of sp³-hybridized carbons (Fsp3) is 0.320. The van der Waals surface area contributed by atoms with Gasteiger partial charge in [0.25, 0.3) is 5.56 Å². The molecule has 11 nitrogen and oxygen atoms in total. The number of aromatic amines is 2. The van der Waals surface area contributed by atoms with Gasteiger partial charge in [0.05, 0.1) is 41.5 Å². The van der Waals surface area contributed by atoms with Gasteiger partial charge in [-0.2, -0.15) is 5.10 Å². The summed E-state index contributed by atoms with van der Waals surface area (Å²) in [6.45, 7) is 9.40. The van der Waals surface area contributed by atoms with Crippen molar-refractivity contribution in [3.8, 4) is 22.9 Å². The molecule has 0 saturated heterocycles. The van der Waals surface area contributed by atoms with Crippen molar-refractivity contribution in [3.63, 3.8) is 0 Å². The molecule has 186 valence electrons. The number of ether oxygens (including phenoxy) is 2. The fourth-order valence-electron chi connectivity index (χ4n) is 4.13. The molecule has 0 aliphatic carbocycles. The Morgan fingerprint density at radius 3 is 2.44 bits per heavy atom. The molecule has 11 heteroatoms. The largest absolute Gasteiger partial charge is 0.490 e. The van der Waals surface area contributed by atoms with Crippen LogP contribution >= 0.6 is 0 Å².